The van der Waals surface area contributed by atoms with Gasteiger partial charge in [-0.05, 0) is 0 Å². The summed E-state index contributed by atoms with van der Waals surface area (Å²) in [6.07, 6.45) is 3.89. The zero-order chi connectivity index (χ0) is 7.98. The summed E-state index contributed by atoms with van der Waals surface area (Å²) in [7, 11) is 0. The molecule has 0 aliphatic carbocycles. The van der Waals surface area contributed by atoms with Crippen LogP contribution in [0, 0.1) is 0 Å². The Hall–Kier alpha value is -0.660. The maximum absolute atomic E-state index is 10.8. The SMILES string of the molecule is CC/C=[N+](\CCC)C(C)=O. The highest BCUT2D eigenvalue weighted by Crippen LogP contribution is 1.82. The Labute approximate surface area is 62.6 Å². The number of hydrogen-bond donors (Lipinski definition) is 0. The first-order valence-electron chi connectivity index (χ1n) is 3.82. The van der Waals surface area contributed by atoms with Crippen LogP contribution in [0.5, 0.6) is 0 Å². The fourth-order valence-electron chi connectivity index (χ4n) is 0.839. The second kappa shape index (κ2) is 5.15. The van der Waals surface area contributed by atoms with Crippen LogP contribution in [-0.4, -0.2) is 23.2 Å². The normalized spacial score (nSPS) is 11.7. The van der Waals surface area contributed by atoms with Crippen molar-refractivity contribution in [3.8, 4) is 0 Å². The Bertz CT molecular complexity index is 138. The van der Waals surface area contributed by atoms with E-state index in [-0.39, 0.29) is 5.91 Å². The van der Waals surface area contributed by atoms with E-state index >= 15 is 0 Å². The molecule has 58 valence electrons. The van der Waals surface area contributed by atoms with E-state index in [1.807, 2.05) is 13.1 Å². The highest BCUT2D eigenvalue weighted by molar-refractivity contribution is 5.69. The van der Waals surface area contributed by atoms with E-state index in [4.69, 9.17) is 0 Å². The summed E-state index contributed by atoms with van der Waals surface area (Å²) in [5.41, 5.74) is 0. The number of carbonyl (C=O) groups is 1. The van der Waals surface area contributed by atoms with E-state index in [1.165, 1.54) is 0 Å². The molecule has 0 aliphatic rings. The lowest BCUT2D eigenvalue weighted by atomic mass is 10.4. The summed E-state index contributed by atoms with van der Waals surface area (Å²) >= 11 is 0. The number of rotatable bonds is 3. The third kappa shape index (κ3) is 3.38. The lowest BCUT2D eigenvalue weighted by Crippen LogP contribution is -2.19. The second-order valence-corrected chi connectivity index (χ2v) is 2.30. The number of nitrogens with zero attached hydrogens (tertiary/aromatic N) is 1. The van der Waals surface area contributed by atoms with Crippen LogP contribution in [0.2, 0.25) is 0 Å². The zero-order valence-electron chi connectivity index (χ0n) is 7.05. The average molecular weight is 142 g/mol. The van der Waals surface area contributed by atoms with Crippen molar-refractivity contribution in [2.45, 2.75) is 33.6 Å². The molecular formula is C8H16NO+. The van der Waals surface area contributed by atoms with Crippen LogP contribution in [0.4, 0.5) is 0 Å². The predicted molar refractivity (Wildman–Crippen MR) is 42.5 cm³/mol. The molecule has 0 aliphatic heterocycles. The van der Waals surface area contributed by atoms with Gasteiger partial charge in [-0.2, -0.15) is 4.58 Å². The molecule has 0 fully saturated rings. The third-order valence-corrected chi connectivity index (χ3v) is 1.27. The van der Waals surface area contributed by atoms with Crippen molar-refractivity contribution >= 4 is 12.1 Å². The van der Waals surface area contributed by atoms with Crippen LogP contribution in [0.3, 0.4) is 0 Å². The molecule has 2 nitrogen and oxygen atoms in total. The summed E-state index contributed by atoms with van der Waals surface area (Å²) in [5, 5.41) is 0. The van der Waals surface area contributed by atoms with Crippen molar-refractivity contribution in [1.29, 1.82) is 0 Å². The summed E-state index contributed by atoms with van der Waals surface area (Å²) in [6.45, 7) is 6.55. The molecule has 0 heterocycles. The van der Waals surface area contributed by atoms with E-state index in [1.54, 1.807) is 11.5 Å². The highest BCUT2D eigenvalue weighted by Gasteiger charge is 2.06. The van der Waals surface area contributed by atoms with Crippen LogP contribution in [0.25, 0.3) is 0 Å². The van der Waals surface area contributed by atoms with Crippen molar-refractivity contribution in [2.75, 3.05) is 6.54 Å². The van der Waals surface area contributed by atoms with E-state index in [0.29, 0.717) is 0 Å². The van der Waals surface area contributed by atoms with Gasteiger partial charge in [0, 0.05) is 12.8 Å². The topological polar surface area (TPSA) is 20.1 Å². The zero-order valence-corrected chi connectivity index (χ0v) is 7.05. The molecule has 2 heteroatoms. The van der Waals surface area contributed by atoms with E-state index < -0.39 is 0 Å². The standard InChI is InChI=1S/C8H16NO/c1-4-6-9(7-5-2)8(3)10/h6H,4-5,7H2,1-3H3/q+1/b9-6+. The minimum Gasteiger partial charge on any atom is -0.220 e. The lowest BCUT2D eigenvalue weighted by Gasteiger charge is -1.93. The van der Waals surface area contributed by atoms with Gasteiger partial charge in [0.15, 0.2) is 6.54 Å². The Morgan fingerprint density at radius 3 is 2.40 bits per heavy atom. The molecule has 0 saturated heterocycles. The summed E-state index contributed by atoms with van der Waals surface area (Å²) in [4.78, 5) is 10.8. The van der Waals surface area contributed by atoms with Gasteiger partial charge >= 0.3 is 5.91 Å². The van der Waals surface area contributed by atoms with E-state index in [9.17, 15) is 4.79 Å². The van der Waals surface area contributed by atoms with Crippen LogP contribution in [0.15, 0.2) is 0 Å². The van der Waals surface area contributed by atoms with Crippen LogP contribution >= 0.6 is 0 Å². The molecule has 0 aromatic carbocycles. The molecule has 0 atom stereocenters. The second-order valence-electron chi connectivity index (χ2n) is 2.30. The Kier molecular flexibility index (Phi) is 4.81. The molecule has 0 spiro atoms. The van der Waals surface area contributed by atoms with Gasteiger partial charge in [-0.3, -0.25) is 0 Å². The van der Waals surface area contributed by atoms with Crippen molar-refractivity contribution in [1.82, 2.24) is 0 Å². The number of carbonyl (C=O) groups excluding carboxylic acids is 1. The first-order valence-corrected chi connectivity index (χ1v) is 3.82. The largest absolute Gasteiger partial charge is 0.383 e. The van der Waals surface area contributed by atoms with Crippen LogP contribution in [-0.2, 0) is 4.79 Å². The van der Waals surface area contributed by atoms with Gasteiger partial charge in [0.1, 0.15) is 6.21 Å². The summed E-state index contributed by atoms with van der Waals surface area (Å²) in [6, 6.07) is 0. The van der Waals surface area contributed by atoms with E-state index in [2.05, 4.69) is 6.92 Å². The molecular weight excluding hydrogens is 126 g/mol. The van der Waals surface area contributed by atoms with Gasteiger partial charge in [0.05, 0.1) is 6.92 Å². The van der Waals surface area contributed by atoms with Gasteiger partial charge in [0.2, 0.25) is 0 Å². The lowest BCUT2D eigenvalue weighted by molar-refractivity contribution is -0.444. The predicted octanol–water partition coefficient (Wildman–Crippen LogP) is 1.44. The molecule has 0 aromatic rings. The number of amides is 1. The van der Waals surface area contributed by atoms with Gasteiger partial charge in [0.25, 0.3) is 0 Å². The Balaban J connectivity index is 3.98. The third-order valence-electron chi connectivity index (χ3n) is 1.27. The Morgan fingerprint density at radius 1 is 1.50 bits per heavy atom. The fourth-order valence-corrected chi connectivity index (χ4v) is 0.839. The average Bonchev–Trinajstić information content (AvgIpc) is 1.87. The highest BCUT2D eigenvalue weighted by atomic mass is 16.1. The molecule has 0 unspecified atom stereocenters. The molecule has 0 bridgehead atoms. The van der Waals surface area contributed by atoms with Crippen molar-refractivity contribution in [3.63, 3.8) is 0 Å². The smallest absolute Gasteiger partial charge is 0.220 e. The van der Waals surface area contributed by atoms with E-state index in [0.717, 1.165) is 19.4 Å². The summed E-state index contributed by atoms with van der Waals surface area (Å²) < 4.78 is 1.76. The van der Waals surface area contributed by atoms with Crippen LogP contribution < -0.4 is 0 Å². The minimum absolute atomic E-state index is 0.142. The van der Waals surface area contributed by atoms with Gasteiger partial charge < -0.3 is 0 Å². The van der Waals surface area contributed by atoms with Gasteiger partial charge in [-0.25, -0.2) is 4.79 Å². The molecule has 0 rings (SSSR count). The van der Waals surface area contributed by atoms with Crippen molar-refractivity contribution in [2.24, 2.45) is 0 Å². The summed E-state index contributed by atoms with van der Waals surface area (Å²) in [5.74, 6) is 0.142. The molecule has 0 aromatic heterocycles. The van der Waals surface area contributed by atoms with Gasteiger partial charge in [-0.1, -0.05) is 13.8 Å². The van der Waals surface area contributed by atoms with Gasteiger partial charge in [-0.15, -0.1) is 0 Å². The maximum Gasteiger partial charge on any atom is 0.383 e. The quantitative estimate of drug-likeness (QED) is 0.431. The molecule has 10 heavy (non-hydrogen) atoms. The van der Waals surface area contributed by atoms with Crippen LogP contribution in [0.1, 0.15) is 33.6 Å². The molecule has 0 radical (unpaired) electrons. The maximum atomic E-state index is 10.8. The van der Waals surface area contributed by atoms with Crippen molar-refractivity contribution < 1.29 is 9.37 Å². The first-order chi connectivity index (χ1) is 4.72. The molecule has 1 amide bonds. The number of hydrogen-bond acceptors (Lipinski definition) is 1. The molecule has 0 N–H and O–H groups in total. The van der Waals surface area contributed by atoms with Crippen molar-refractivity contribution in [3.05, 3.63) is 0 Å². The fraction of sp³-hybridized carbons (Fsp3) is 0.750. The minimum atomic E-state index is 0.142. The monoisotopic (exact) mass is 142 g/mol. The Morgan fingerprint density at radius 2 is 2.10 bits per heavy atom. The molecule has 0 saturated carbocycles. The first kappa shape index (κ1) is 9.34.